The van der Waals surface area contributed by atoms with Crippen molar-refractivity contribution in [3.05, 3.63) is 29.3 Å². The van der Waals surface area contributed by atoms with E-state index in [9.17, 15) is 4.55 Å². The Labute approximate surface area is 79.9 Å². The number of hydrogen-bond acceptors (Lipinski definition) is 1. The molecule has 0 aliphatic heterocycles. The standard InChI is InChI=1S/C9H8ClOS/c10-8-3-1-2-4-9(8)12(11)7-5-6-7/h2-4,7H,5-6H2. The van der Waals surface area contributed by atoms with Gasteiger partial charge in [-0.25, -0.2) is 0 Å². The average molecular weight is 200 g/mol. The molecule has 1 nitrogen and oxygen atoms in total. The van der Waals surface area contributed by atoms with Gasteiger partial charge in [-0.05, 0) is 35.4 Å². The highest BCUT2D eigenvalue weighted by Gasteiger charge is 2.36. The molecule has 1 unspecified atom stereocenters. The zero-order valence-corrected chi connectivity index (χ0v) is 7.99. The van der Waals surface area contributed by atoms with Crippen LogP contribution in [0, 0.1) is 6.07 Å². The van der Waals surface area contributed by atoms with Gasteiger partial charge in [0.15, 0.2) is 4.90 Å². The van der Waals surface area contributed by atoms with Crippen molar-refractivity contribution in [1.29, 1.82) is 0 Å². The topological polar surface area (TPSA) is 23.1 Å². The molecule has 0 N–H and O–H groups in total. The lowest BCUT2D eigenvalue weighted by atomic mass is 10.4. The third kappa shape index (κ3) is 1.60. The van der Waals surface area contributed by atoms with Gasteiger partial charge in [0.1, 0.15) is 5.25 Å². The Morgan fingerprint density at radius 1 is 1.58 bits per heavy atom. The van der Waals surface area contributed by atoms with Gasteiger partial charge in [0, 0.05) is 12.8 Å². The first-order chi connectivity index (χ1) is 5.79. The molecule has 1 radical (unpaired) electrons. The zero-order valence-electron chi connectivity index (χ0n) is 6.42. The van der Waals surface area contributed by atoms with E-state index < -0.39 is 11.2 Å². The van der Waals surface area contributed by atoms with Crippen molar-refractivity contribution in [2.24, 2.45) is 0 Å². The van der Waals surface area contributed by atoms with Gasteiger partial charge in [0.2, 0.25) is 0 Å². The summed E-state index contributed by atoms with van der Waals surface area (Å²) in [6.45, 7) is 0. The fraction of sp³-hybridized carbons (Fsp3) is 0.333. The molecule has 0 aromatic heterocycles. The normalized spacial score (nSPS) is 19.2. The quantitative estimate of drug-likeness (QED) is 0.671. The van der Waals surface area contributed by atoms with E-state index in [1.165, 1.54) is 0 Å². The highest BCUT2D eigenvalue weighted by atomic mass is 35.5. The van der Waals surface area contributed by atoms with Crippen molar-refractivity contribution in [2.45, 2.75) is 23.0 Å². The molecule has 3 heteroatoms. The molecule has 1 atom stereocenters. The van der Waals surface area contributed by atoms with Crippen LogP contribution in [0.1, 0.15) is 12.8 Å². The summed E-state index contributed by atoms with van der Waals surface area (Å²) in [7, 11) is 0. The van der Waals surface area contributed by atoms with Gasteiger partial charge in [-0.15, -0.1) is 0 Å². The number of rotatable bonds is 2. The Morgan fingerprint density at radius 3 is 2.92 bits per heavy atom. The Bertz CT molecular complexity index is 286. The van der Waals surface area contributed by atoms with E-state index in [0.29, 0.717) is 10.3 Å². The molecule has 0 spiro atoms. The first-order valence-electron chi connectivity index (χ1n) is 3.85. The second-order valence-electron chi connectivity index (χ2n) is 2.85. The van der Waals surface area contributed by atoms with E-state index in [4.69, 9.17) is 11.6 Å². The smallest absolute Gasteiger partial charge is 0.171 e. The van der Waals surface area contributed by atoms with Crippen LogP contribution < -0.4 is 0 Å². The van der Waals surface area contributed by atoms with Crippen molar-refractivity contribution in [2.75, 3.05) is 0 Å². The fourth-order valence-electron chi connectivity index (χ4n) is 1.02. The largest absolute Gasteiger partial charge is 0.611 e. The maximum Gasteiger partial charge on any atom is 0.171 e. The van der Waals surface area contributed by atoms with Crippen LogP contribution in [0.2, 0.25) is 5.02 Å². The van der Waals surface area contributed by atoms with Crippen molar-refractivity contribution in [3.8, 4) is 0 Å². The lowest BCUT2D eigenvalue weighted by Gasteiger charge is -2.09. The van der Waals surface area contributed by atoms with Crippen LogP contribution in [0.5, 0.6) is 0 Å². The van der Waals surface area contributed by atoms with Crippen LogP contribution in [-0.2, 0) is 11.2 Å². The molecule has 0 heterocycles. The van der Waals surface area contributed by atoms with Crippen LogP contribution in [0.3, 0.4) is 0 Å². The van der Waals surface area contributed by atoms with Gasteiger partial charge in [0.25, 0.3) is 0 Å². The van der Waals surface area contributed by atoms with Crippen LogP contribution in [-0.4, -0.2) is 9.80 Å². The molecule has 0 bridgehead atoms. The van der Waals surface area contributed by atoms with Crippen LogP contribution in [0.15, 0.2) is 23.1 Å². The van der Waals surface area contributed by atoms with Gasteiger partial charge in [-0.2, -0.15) is 0 Å². The molecular formula is C9H8ClOS. The summed E-state index contributed by atoms with van der Waals surface area (Å²) < 4.78 is 11.6. The summed E-state index contributed by atoms with van der Waals surface area (Å²) in [6.07, 6.45) is 2.14. The van der Waals surface area contributed by atoms with E-state index in [1.54, 1.807) is 18.2 Å². The molecule has 2 rings (SSSR count). The number of hydrogen-bond donors (Lipinski definition) is 0. The Balaban J connectivity index is 2.25. The summed E-state index contributed by atoms with van der Waals surface area (Å²) in [5, 5.41) is 0.924. The Kier molecular flexibility index (Phi) is 2.31. The maximum atomic E-state index is 11.6. The third-order valence-corrected chi connectivity index (χ3v) is 4.11. The van der Waals surface area contributed by atoms with Crippen molar-refractivity contribution in [1.82, 2.24) is 0 Å². The zero-order chi connectivity index (χ0) is 8.55. The summed E-state index contributed by atoms with van der Waals surface area (Å²) in [4.78, 5) is 0.762. The monoisotopic (exact) mass is 199 g/mol. The van der Waals surface area contributed by atoms with Gasteiger partial charge < -0.3 is 4.55 Å². The lowest BCUT2D eigenvalue weighted by molar-refractivity contribution is 0.594. The molecule has 63 valence electrons. The number of benzene rings is 1. The highest BCUT2D eigenvalue weighted by molar-refractivity contribution is 7.92. The molecule has 0 amide bonds. The molecule has 1 aromatic carbocycles. The van der Waals surface area contributed by atoms with E-state index in [2.05, 4.69) is 6.07 Å². The van der Waals surface area contributed by atoms with Gasteiger partial charge in [-0.3, -0.25) is 0 Å². The van der Waals surface area contributed by atoms with Crippen molar-refractivity contribution >= 4 is 22.8 Å². The predicted molar refractivity (Wildman–Crippen MR) is 49.7 cm³/mol. The highest BCUT2D eigenvalue weighted by Crippen LogP contribution is 2.35. The van der Waals surface area contributed by atoms with Crippen LogP contribution >= 0.6 is 11.6 Å². The summed E-state index contributed by atoms with van der Waals surface area (Å²) >= 11 is 4.98. The molecule has 1 aromatic rings. The second kappa shape index (κ2) is 3.29. The maximum absolute atomic E-state index is 11.6. The fourth-order valence-corrected chi connectivity index (χ4v) is 2.75. The molecule has 12 heavy (non-hydrogen) atoms. The first-order valence-corrected chi connectivity index (χ1v) is 5.44. The summed E-state index contributed by atoms with van der Waals surface area (Å²) in [5.74, 6) is 0. The minimum atomic E-state index is -0.888. The minimum Gasteiger partial charge on any atom is -0.611 e. The Morgan fingerprint density at radius 2 is 2.33 bits per heavy atom. The average Bonchev–Trinajstić information content (AvgIpc) is 2.86. The van der Waals surface area contributed by atoms with Gasteiger partial charge in [0.05, 0.1) is 5.02 Å². The minimum absolute atomic E-state index is 0.352. The predicted octanol–water partition coefficient (Wildman–Crippen LogP) is 2.41. The van der Waals surface area contributed by atoms with Gasteiger partial charge in [-0.1, -0.05) is 11.6 Å². The van der Waals surface area contributed by atoms with Crippen molar-refractivity contribution < 1.29 is 4.55 Å². The molecule has 1 aliphatic carbocycles. The molecule has 1 aliphatic rings. The van der Waals surface area contributed by atoms with E-state index >= 15 is 0 Å². The molecule has 1 fully saturated rings. The summed E-state index contributed by atoms with van der Waals surface area (Å²) in [6, 6.07) is 8.05. The molecule has 1 saturated carbocycles. The van der Waals surface area contributed by atoms with E-state index in [-0.39, 0.29) is 0 Å². The van der Waals surface area contributed by atoms with Crippen LogP contribution in [0.25, 0.3) is 0 Å². The first kappa shape index (κ1) is 8.42. The molecular weight excluding hydrogens is 192 g/mol. The van der Waals surface area contributed by atoms with Crippen LogP contribution in [0.4, 0.5) is 0 Å². The lowest BCUT2D eigenvalue weighted by Crippen LogP contribution is -2.07. The van der Waals surface area contributed by atoms with E-state index in [0.717, 1.165) is 17.7 Å². The third-order valence-electron chi connectivity index (χ3n) is 1.82. The molecule has 0 saturated heterocycles. The van der Waals surface area contributed by atoms with Gasteiger partial charge >= 0.3 is 0 Å². The Hall–Kier alpha value is -0.180. The van der Waals surface area contributed by atoms with E-state index in [1.807, 2.05) is 0 Å². The number of halogens is 1. The SMILES string of the molecule is [O-][S+](c1cc[c]cc1Cl)C1CC1. The second-order valence-corrected chi connectivity index (χ2v) is 4.96. The van der Waals surface area contributed by atoms with Crippen molar-refractivity contribution in [3.63, 3.8) is 0 Å². The summed E-state index contributed by atoms with van der Waals surface area (Å²) in [5.41, 5.74) is 0.